The van der Waals surface area contributed by atoms with E-state index < -0.39 is 0 Å². The van der Waals surface area contributed by atoms with Gasteiger partial charge in [0.25, 0.3) is 0 Å². The van der Waals surface area contributed by atoms with E-state index in [0.717, 1.165) is 90.6 Å². The Kier molecular flexibility index (Phi) is 4.20. The van der Waals surface area contributed by atoms with Crippen LogP contribution in [0.5, 0.6) is 5.75 Å². The number of pyridine rings is 1. The van der Waals surface area contributed by atoms with Crippen LogP contribution in [0.4, 0.5) is 17.3 Å². The highest BCUT2D eigenvalue weighted by Gasteiger charge is 2.56. The third kappa shape index (κ3) is 2.80. The molecule has 1 spiro atoms. The third-order valence-corrected chi connectivity index (χ3v) is 8.63. The summed E-state index contributed by atoms with van der Waals surface area (Å²) in [6.45, 7) is 0.892. The minimum Gasteiger partial charge on any atom is -0.485 e. The van der Waals surface area contributed by atoms with Crippen LogP contribution >= 0.6 is 0 Å². The average molecular weight is 481 g/mol. The van der Waals surface area contributed by atoms with E-state index in [0.29, 0.717) is 12.1 Å². The summed E-state index contributed by atoms with van der Waals surface area (Å²) < 4.78 is 6.57. The van der Waals surface area contributed by atoms with E-state index in [-0.39, 0.29) is 11.6 Å². The molecule has 182 valence electrons. The number of anilines is 3. The van der Waals surface area contributed by atoms with Crippen LogP contribution in [0.15, 0.2) is 48.8 Å². The largest absolute Gasteiger partial charge is 0.485 e. The summed E-state index contributed by atoms with van der Waals surface area (Å²) in [6.07, 6.45) is 9.82. The van der Waals surface area contributed by atoms with Crippen LogP contribution in [0.2, 0.25) is 0 Å². The van der Waals surface area contributed by atoms with Gasteiger partial charge in [-0.15, -0.1) is 0 Å². The predicted octanol–water partition coefficient (Wildman–Crippen LogP) is 3.79. The Morgan fingerprint density at radius 3 is 2.78 bits per heavy atom. The van der Waals surface area contributed by atoms with Crippen molar-refractivity contribution in [2.45, 2.75) is 62.3 Å². The summed E-state index contributed by atoms with van der Waals surface area (Å²) in [6, 6.07) is 12.9. The quantitative estimate of drug-likeness (QED) is 0.446. The summed E-state index contributed by atoms with van der Waals surface area (Å²) in [4.78, 5) is 19.1. The molecule has 3 aromatic heterocycles. The first kappa shape index (κ1) is 20.5. The molecule has 8 rings (SSSR count). The molecule has 36 heavy (non-hydrogen) atoms. The summed E-state index contributed by atoms with van der Waals surface area (Å²) in [5.74, 6) is 2.67. The number of rotatable bonds is 2. The van der Waals surface area contributed by atoms with E-state index in [2.05, 4.69) is 37.1 Å². The molecule has 0 amide bonds. The first-order chi connectivity index (χ1) is 17.7. The molecule has 9 nitrogen and oxygen atoms in total. The van der Waals surface area contributed by atoms with Gasteiger partial charge in [0.1, 0.15) is 17.2 Å². The number of aryl methyl sites for hydroxylation is 1. The molecule has 0 radical (unpaired) electrons. The second-order valence-corrected chi connectivity index (χ2v) is 10.6. The molecule has 4 atom stereocenters. The highest BCUT2D eigenvalue weighted by molar-refractivity contribution is 5.87. The van der Waals surface area contributed by atoms with Gasteiger partial charge in [0, 0.05) is 43.2 Å². The minimum atomic E-state index is -0.333. The first-order valence-corrected chi connectivity index (χ1v) is 12.9. The zero-order valence-electron chi connectivity index (χ0n) is 20.0. The lowest BCUT2D eigenvalue weighted by Gasteiger charge is -2.46. The minimum absolute atomic E-state index is 0.0930. The van der Waals surface area contributed by atoms with E-state index in [9.17, 15) is 0 Å². The first-order valence-electron chi connectivity index (χ1n) is 12.9. The summed E-state index contributed by atoms with van der Waals surface area (Å²) in [5, 5.41) is 7.80. The Bertz CT molecular complexity index is 1470. The zero-order chi connectivity index (χ0) is 23.9. The number of para-hydroxylation sites is 1. The van der Waals surface area contributed by atoms with Gasteiger partial charge in [0.05, 0.1) is 23.6 Å². The van der Waals surface area contributed by atoms with Gasteiger partial charge >= 0.3 is 0 Å². The van der Waals surface area contributed by atoms with Crippen molar-refractivity contribution in [3.8, 4) is 5.75 Å². The van der Waals surface area contributed by atoms with Crippen molar-refractivity contribution < 1.29 is 4.74 Å². The van der Waals surface area contributed by atoms with Gasteiger partial charge in [0.2, 0.25) is 0 Å². The molecule has 4 aromatic rings. The molecule has 0 saturated carbocycles. The maximum absolute atomic E-state index is 6.78. The highest BCUT2D eigenvalue weighted by atomic mass is 16.5. The van der Waals surface area contributed by atoms with Crippen molar-refractivity contribution in [1.82, 2.24) is 25.1 Å². The van der Waals surface area contributed by atoms with Crippen molar-refractivity contribution in [3.05, 3.63) is 60.0 Å². The van der Waals surface area contributed by atoms with Gasteiger partial charge in [-0.1, -0.05) is 18.2 Å². The number of nitrogens with zero attached hydrogens (tertiary/aromatic N) is 6. The number of hydrogen-bond donors (Lipinski definition) is 2. The number of piperidine rings is 1. The normalized spacial score (nSPS) is 28.4. The molecule has 4 aliphatic heterocycles. The second kappa shape index (κ2) is 7.39. The molecular formula is C27H28N8O. The van der Waals surface area contributed by atoms with Gasteiger partial charge < -0.3 is 20.3 Å². The Morgan fingerprint density at radius 1 is 1.06 bits per heavy atom. The lowest BCUT2D eigenvalue weighted by atomic mass is 9.79. The Balaban J connectivity index is 1.10. The number of hydrogen-bond acceptors (Lipinski definition) is 8. The fraction of sp³-hybridized carbons (Fsp3) is 0.407. The number of nitrogens with two attached hydrogens (primary N) is 1. The van der Waals surface area contributed by atoms with Crippen molar-refractivity contribution in [2.24, 2.45) is 5.73 Å². The summed E-state index contributed by atoms with van der Waals surface area (Å²) >= 11 is 0. The Hall–Kier alpha value is -3.72. The van der Waals surface area contributed by atoms with Gasteiger partial charge in [-0.2, -0.15) is 5.10 Å². The number of fused-ring (bicyclic) bond motifs is 5. The molecule has 1 aromatic carbocycles. The molecule has 7 heterocycles. The fourth-order valence-corrected chi connectivity index (χ4v) is 7.06. The number of ether oxygens (including phenoxy) is 1. The monoisotopic (exact) mass is 480 g/mol. The predicted molar refractivity (Wildman–Crippen MR) is 137 cm³/mol. The maximum atomic E-state index is 6.78. The van der Waals surface area contributed by atoms with Crippen LogP contribution in [-0.2, 0) is 6.42 Å². The lowest BCUT2D eigenvalue weighted by molar-refractivity contribution is 0.0272. The average Bonchev–Trinajstić information content (AvgIpc) is 3.54. The zero-order valence-corrected chi connectivity index (χ0v) is 20.0. The number of benzene rings is 1. The number of aromatic nitrogens is 5. The number of aromatic amines is 1. The maximum Gasteiger partial charge on any atom is 0.183 e. The van der Waals surface area contributed by atoms with E-state index in [1.54, 1.807) is 0 Å². The molecule has 2 bridgehead atoms. The molecular weight excluding hydrogens is 452 g/mol. The van der Waals surface area contributed by atoms with Crippen LogP contribution in [0, 0.1) is 0 Å². The fourth-order valence-electron chi connectivity index (χ4n) is 7.06. The van der Waals surface area contributed by atoms with Crippen LogP contribution in [-0.4, -0.2) is 49.4 Å². The smallest absolute Gasteiger partial charge is 0.183 e. The van der Waals surface area contributed by atoms with Crippen molar-refractivity contribution in [3.63, 3.8) is 0 Å². The van der Waals surface area contributed by atoms with Crippen molar-refractivity contribution >= 4 is 28.5 Å². The van der Waals surface area contributed by atoms with Crippen LogP contribution < -0.4 is 20.3 Å². The van der Waals surface area contributed by atoms with Crippen molar-refractivity contribution in [1.29, 1.82) is 0 Å². The Morgan fingerprint density at radius 2 is 1.92 bits per heavy atom. The lowest BCUT2D eigenvalue weighted by Crippen LogP contribution is -2.56. The van der Waals surface area contributed by atoms with Crippen LogP contribution in [0.3, 0.4) is 0 Å². The number of nitrogens with one attached hydrogen (secondary N) is 1. The Labute approximate surface area is 208 Å². The summed E-state index contributed by atoms with van der Waals surface area (Å²) in [7, 11) is 0. The second-order valence-electron chi connectivity index (χ2n) is 10.6. The molecule has 2 saturated heterocycles. The highest BCUT2D eigenvalue weighted by Crippen LogP contribution is 2.53. The van der Waals surface area contributed by atoms with Crippen molar-refractivity contribution in [2.75, 3.05) is 16.3 Å². The summed E-state index contributed by atoms with van der Waals surface area (Å²) in [5.41, 5.74) is 11.3. The van der Waals surface area contributed by atoms with Crippen LogP contribution in [0.1, 0.15) is 49.4 Å². The standard InChI is InChI=1S/C27H28N8O/c28-24-18-5-1-2-8-21(18)36-27(24)13-16-9-10-17(14-27)35(16)22-15-30-23-25(31-22)32-33-26(23)34-12-4-6-19-20(34)7-3-11-29-19/h1-3,5,7-8,11,15-17,24H,4,6,9-10,12-14,28H2,(H,31,32,33)/t16-,17+,24-,27+/m1/s1. The van der Waals surface area contributed by atoms with Crippen LogP contribution in [0.25, 0.3) is 11.2 Å². The molecule has 0 aliphatic carbocycles. The SMILES string of the molecule is N[C@@H]1c2ccccc2O[C@]12C[C@H]1CC[C@@H](C2)N1c1cnc2c(N3CCCc4ncccc43)n[nH]c2n1. The number of H-pyrrole nitrogens is 1. The van der Waals surface area contributed by atoms with Gasteiger partial charge in [0.15, 0.2) is 17.0 Å². The molecule has 2 fully saturated rings. The molecule has 9 heteroatoms. The molecule has 3 N–H and O–H groups in total. The third-order valence-electron chi connectivity index (χ3n) is 8.63. The van der Waals surface area contributed by atoms with Gasteiger partial charge in [-0.05, 0) is 43.9 Å². The van der Waals surface area contributed by atoms with E-state index >= 15 is 0 Å². The van der Waals surface area contributed by atoms with Gasteiger partial charge in [-0.3, -0.25) is 10.1 Å². The van der Waals surface area contributed by atoms with E-state index in [1.807, 2.05) is 36.7 Å². The topological polar surface area (TPSA) is 109 Å². The van der Waals surface area contributed by atoms with E-state index in [4.69, 9.17) is 20.4 Å². The van der Waals surface area contributed by atoms with Gasteiger partial charge in [-0.25, -0.2) is 9.97 Å². The van der Waals surface area contributed by atoms with E-state index in [1.165, 1.54) is 0 Å². The molecule has 0 unspecified atom stereocenters. The molecule has 4 aliphatic rings.